The number of nitrogens with two attached hydrogens (primary N) is 1. The number of imidazole rings is 1. The Morgan fingerprint density at radius 2 is 2.04 bits per heavy atom. The van der Waals surface area contributed by atoms with Gasteiger partial charge in [0, 0.05) is 18.9 Å². The van der Waals surface area contributed by atoms with Gasteiger partial charge in [-0.3, -0.25) is 9.59 Å². The number of aromatic nitrogens is 4. The molecular weight excluding hydrogens is 344 g/mol. The second-order valence-corrected chi connectivity index (χ2v) is 6.33. The van der Waals surface area contributed by atoms with E-state index in [1.165, 1.54) is 12.7 Å². The zero-order valence-corrected chi connectivity index (χ0v) is 13.8. The summed E-state index contributed by atoms with van der Waals surface area (Å²) in [6.07, 6.45) is 0.798. The summed E-state index contributed by atoms with van der Waals surface area (Å²) >= 11 is 0. The van der Waals surface area contributed by atoms with E-state index in [2.05, 4.69) is 20.3 Å². The van der Waals surface area contributed by atoms with Crippen molar-refractivity contribution in [3.63, 3.8) is 0 Å². The zero-order chi connectivity index (χ0) is 18.8. The highest BCUT2D eigenvalue weighted by Crippen LogP contribution is 2.36. The maximum atomic E-state index is 11.7. The molecule has 0 aliphatic heterocycles. The molecule has 2 aromatic rings. The summed E-state index contributed by atoms with van der Waals surface area (Å²) in [5.74, 6) is -1.64. The number of nitrogens with one attached hydrogen (secondary N) is 1. The van der Waals surface area contributed by atoms with Crippen LogP contribution >= 0.6 is 0 Å². The lowest BCUT2D eigenvalue weighted by atomic mass is 10.0. The van der Waals surface area contributed by atoms with Gasteiger partial charge >= 0.3 is 5.97 Å². The molecule has 1 fully saturated rings. The number of nitrogens with zero attached hydrogens (tertiary/aromatic N) is 4. The van der Waals surface area contributed by atoms with Gasteiger partial charge < -0.3 is 30.9 Å². The van der Waals surface area contributed by atoms with E-state index in [4.69, 9.17) is 10.8 Å². The Bertz CT molecular complexity index is 824. The predicted molar refractivity (Wildman–Crippen MR) is 88.8 cm³/mol. The van der Waals surface area contributed by atoms with Crippen LogP contribution in [-0.4, -0.2) is 65.5 Å². The van der Waals surface area contributed by atoms with Crippen LogP contribution < -0.4 is 11.1 Å². The highest BCUT2D eigenvalue weighted by Gasteiger charge is 2.43. The van der Waals surface area contributed by atoms with Crippen LogP contribution in [0, 0.1) is 5.92 Å². The van der Waals surface area contributed by atoms with Crippen LogP contribution in [0.25, 0.3) is 11.2 Å². The molecule has 1 saturated carbocycles. The SMILES string of the molecule is Nc1ncnc2c1ncn2[C@H]1[C@H](O)[C@H](CNC(=O)CCC(=O)O)C[C@@H]1O. The molecule has 1 aliphatic rings. The summed E-state index contributed by atoms with van der Waals surface area (Å²) in [5.41, 5.74) is 6.55. The van der Waals surface area contributed by atoms with E-state index < -0.39 is 30.1 Å². The van der Waals surface area contributed by atoms with Gasteiger partial charge in [0.25, 0.3) is 0 Å². The average molecular weight is 364 g/mol. The van der Waals surface area contributed by atoms with Crippen LogP contribution in [-0.2, 0) is 9.59 Å². The Hall–Kier alpha value is -2.79. The first-order chi connectivity index (χ1) is 12.4. The summed E-state index contributed by atoms with van der Waals surface area (Å²) in [4.78, 5) is 34.2. The summed E-state index contributed by atoms with van der Waals surface area (Å²) in [6, 6.07) is -0.685. The first kappa shape index (κ1) is 18.0. The number of aliphatic hydroxyl groups excluding tert-OH is 2. The molecule has 140 valence electrons. The smallest absolute Gasteiger partial charge is 0.303 e. The number of aliphatic carboxylic acids is 1. The fraction of sp³-hybridized carbons (Fsp3) is 0.533. The Labute approximate surface area is 147 Å². The maximum Gasteiger partial charge on any atom is 0.303 e. The lowest BCUT2D eigenvalue weighted by Crippen LogP contribution is -2.35. The van der Waals surface area contributed by atoms with E-state index in [9.17, 15) is 19.8 Å². The molecule has 11 heteroatoms. The Balaban J connectivity index is 1.69. The van der Waals surface area contributed by atoms with Crippen molar-refractivity contribution in [3.8, 4) is 0 Å². The van der Waals surface area contributed by atoms with Crippen LogP contribution in [0.5, 0.6) is 0 Å². The number of hydrogen-bond acceptors (Lipinski definition) is 8. The fourth-order valence-corrected chi connectivity index (χ4v) is 3.29. The molecule has 2 heterocycles. The topological polar surface area (TPSA) is 176 Å². The van der Waals surface area contributed by atoms with Crippen LogP contribution in [0.1, 0.15) is 25.3 Å². The van der Waals surface area contributed by atoms with Crippen LogP contribution in [0.3, 0.4) is 0 Å². The Morgan fingerprint density at radius 3 is 2.77 bits per heavy atom. The third-order valence-corrected chi connectivity index (χ3v) is 4.61. The molecule has 0 bridgehead atoms. The summed E-state index contributed by atoms with van der Waals surface area (Å²) in [6.45, 7) is 0.136. The standard InChI is InChI=1S/C15H20N6O5/c16-14-11-15(19-5-18-14)21(6-20-11)12-8(22)3-7(13(12)26)4-17-9(23)1-2-10(24)25/h5-8,12-13,22,26H,1-4H2,(H,17,23)(H,24,25)(H2,16,18,19)/t7-,8-,12+,13+/m0/s1. The van der Waals surface area contributed by atoms with Gasteiger partial charge in [0.2, 0.25) is 5.91 Å². The molecule has 0 spiro atoms. The van der Waals surface area contributed by atoms with Crippen molar-refractivity contribution >= 4 is 28.9 Å². The highest BCUT2D eigenvalue weighted by atomic mass is 16.4. The Kier molecular flexibility index (Phi) is 5.00. The number of carboxylic acids is 1. The Morgan fingerprint density at radius 1 is 1.27 bits per heavy atom. The van der Waals surface area contributed by atoms with Crippen molar-refractivity contribution in [2.45, 2.75) is 37.5 Å². The minimum absolute atomic E-state index is 0.132. The number of fused-ring (bicyclic) bond motifs is 1. The molecule has 0 saturated heterocycles. The van der Waals surface area contributed by atoms with Gasteiger partial charge in [0.05, 0.1) is 31.0 Å². The molecule has 1 aliphatic carbocycles. The molecule has 3 rings (SSSR count). The van der Waals surface area contributed by atoms with Crippen molar-refractivity contribution in [1.29, 1.82) is 0 Å². The van der Waals surface area contributed by atoms with Gasteiger partial charge in [-0.2, -0.15) is 0 Å². The number of nitrogen functional groups attached to an aromatic ring is 1. The fourth-order valence-electron chi connectivity index (χ4n) is 3.29. The highest BCUT2D eigenvalue weighted by molar-refractivity contribution is 5.81. The molecule has 0 radical (unpaired) electrons. The monoisotopic (exact) mass is 364 g/mol. The molecular formula is C15H20N6O5. The predicted octanol–water partition coefficient (Wildman–Crippen LogP) is -1.33. The molecule has 2 aromatic heterocycles. The number of anilines is 1. The molecule has 0 aromatic carbocycles. The van der Waals surface area contributed by atoms with Gasteiger partial charge in [0.1, 0.15) is 11.8 Å². The lowest BCUT2D eigenvalue weighted by Gasteiger charge is -2.22. The number of rotatable bonds is 6. The molecule has 4 atom stereocenters. The third-order valence-electron chi connectivity index (χ3n) is 4.61. The average Bonchev–Trinajstić information content (AvgIpc) is 3.13. The van der Waals surface area contributed by atoms with E-state index in [-0.39, 0.29) is 37.5 Å². The van der Waals surface area contributed by atoms with E-state index in [0.717, 1.165) is 0 Å². The van der Waals surface area contributed by atoms with E-state index in [1.54, 1.807) is 4.57 Å². The molecule has 1 amide bonds. The molecule has 0 unspecified atom stereocenters. The quantitative estimate of drug-likeness (QED) is 0.415. The second-order valence-electron chi connectivity index (χ2n) is 6.33. The van der Waals surface area contributed by atoms with Gasteiger partial charge in [-0.15, -0.1) is 0 Å². The minimum atomic E-state index is -1.05. The van der Waals surface area contributed by atoms with Crippen LogP contribution in [0.15, 0.2) is 12.7 Å². The zero-order valence-electron chi connectivity index (χ0n) is 13.8. The summed E-state index contributed by atoms with van der Waals surface area (Å²) in [5, 5.41) is 32.2. The number of amides is 1. The number of aliphatic hydroxyl groups is 2. The first-order valence-electron chi connectivity index (χ1n) is 8.16. The number of carbonyl (C=O) groups excluding carboxylic acids is 1. The second kappa shape index (κ2) is 7.22. The van der Waals surface area contributed by atoms with Gasteiger partial charge in [-0.1, -0.05) is 0 Å². The molecule has 11 nitrogen and oxygen atoms in total. The molecule has 26 heavy (non-hydrogen) atoms. The van der Waals surface area contributed by atoms with Gasteiger partial charge in [-0.25, -0.2) is 15.0 Å². The van der Waals surface area contributed by atoms with E-state index in [1.807, 2.05) is 0 Å². The van der Waals surface area contributed by atoms with Gasteiger partial charge in [0.15, 0.2) is 11.5 Å². The lowest BCUT2D eigenvalue weighted by molar-refractivity contribution is -0.138. The molecule has 6 N–H and O–H groups in total. The number of carboxylic acid groups (broad SMARTS) is 1. The largest absolute Gasteiger partial charge is 0.481 e. The third kappa shape index (κ3) is 3.44. The van der Waals surface area contributed by atoms with E-state index in [0.29, 0.717) is 11.2 Å². The van der Waals surface area contributed by atoms with Crippen molar-refractivity contribution in [3.05, 3.63) is 12.7 Å². The maximum absolute atomic E-state index is 11.7. The summed E-state index contributed by atoms with van der Waals surface area (Å²) in [7, 11) is 0. The van der Waals surface area contributed by atoms with Crippen molar-refractivity contribution in [1.82, 2.24) is 24.8 Å². The van der Waals surface area contributed by atoms with Crippen molar-refractivity contribution in [2.75, 3.05) is 12.3 Å². The van der Waals surface area contributed by atoms with Crippen molar-refractivity contribution in [2.24, 2.45) is 5.92 Å². The van der Waals surface area contributed by atoms with Gasteiger partial charge in [-0.05, 0) is 6.42 Å². The normalized spacial score (nSPS) is 25.5. The summed E-state index contributed by atoms with van der Waals surface area (Å²) < 4.78 is 1.56. The minimum Gasteiger partial charge on any atom is -0.481 e. The first-order valence-corrected chi connectivity index (χ1v) is 8.16. The number of carbonyl (C=O) groups is 2. The number of hydrogen-bond donors (Lipinski definition) is 5. The van der Waals surface area contributed by atoms with Crippen LogP contribution in [0.2, 0.25) is 0 Å². The van der Waals surface area contributed by atoms with E-state index >= 15 is 0 Å². The van der Waals surface area contributed by atoms with Crippen LogP contribution in [0.4, 0.5) is 5.82 Å². The van der Waals surface area contributed by atoms with Crippen molar-refractivity contribution < 1.29 is 24.9 Å².